The van der Waals surface area contributed by atoms with E-state index >= 15 is 0 Å². The molecule has 80 valence electrons. The average Bonchev–Trinajstić information content (AvgIpc) is 2.67. The minimum atomic E-state index is 0.150. The van der Waals surface area contributed by atoms with Gasteiger partial charge in [-0.3, -0.25) is 4.90 Å². The second-order valence-electron chi connectivity index (χ2n) is 3.45. The van der Waals surface area contributed by atoms with Gasteiger partial charge in [0.15, 0.2) is 0 Å². The number of aliphatic hydroxyl groups is 1. The summed E-state index contributed by atoms with van der Waals surface area (Å²) in [7, 11) is 0. The van der Waals surface area contributed by atoms with Crippen LogP contribution in [0.2, 0.25) is 0 Å². The van der Waals surface area contributed by atoms with E-state index in [2.05, 4.69) is 10.2 Å². The van der Waals surface area contributed by atoms with Crippen LogP contribution in [0, 0.1) is 0 Å². The van der Waals surface area contributed by atoms with Crippen molar-refractivity contribution in [3.8, 4) is 0 Å². The first kappa shape index (κ1) is 10.3. The van der Waals surface area contributed by atoms with Gasteiger partial charge < -0.3 is 15.2 Å². The molecule has 5 heteroatoms. The monoisotopic (exact) mass is 216 g/mol. The van der Waals surface area contributed by atoms with E-state index in [1.165, 1.54) is 0 Å². The molecule has 2 aliphatic rings. The minimum Gasteiger partial charge on any atom is -0.391 e. The van der Waals surface area contributed by atoms with Gasteiger partial charge in [0, 0.05) is 30.7 Å². The molecule has 0 amide bonds. The molecular weight excluding hydrogens is 200 g/mol. The summed E-state index contributed by atoms with van der Waals surface area (Å²) in [5.74, 6) is 0. The van der Waals surface area contributed by atoms with Crippen molar-refractivity contribution < 1.29 is 9.84 Å². The van der Waals surface area contributed by atoms with Gasteiger partial charge in [0.1, 0.15) is 0 Å². The van der Waals surface area contributed by atoms with Gasteiger partial charge in [-0.2, -0.15) is 0 Å². The largest absolute Gasteiger partial charge is 0.391 e. The van der Waals surface area contributed by atoms with Gasteiger partial charge in [-0.25, -0.2) is 0 Å². The van der Waals surface area contributed by atoms with E-state index in [1.807, 2.05) is 6.20 Å². The summed E-state index contributed by atoms with van der Waals surface area (Å²) >= 11 is 1.72. The number of aliphatic hydroxyl groups excluding tert-OH is 1. The quantitative estimate of drug-likeness (QED) is 0.685. The third kappa shape index (κ3) is 2.63. The minimum absolute atomic E-state index is 0.150. The number of hydrogen-bond donors (Lipinski definition) is 2. The number of nitrogens with zero attached hydrogens (tertiary/aromatic N) is 1. The predicted octanol–water partition coefficient (Wildman–Crippen LogP) is -0.185. The third-order valence-electron chi connectivity index (χ3n) is 2.41. The van der Waals surface area contributed by atoms with Crippen molar-refractivity contribution in [3.63, 3.8) is 0 Å². The van der Waals surface area contributed by atoms with Crippen molar-refractivity contribution in [1.82, 2.24) is 10.2 Å². The summed E-state index contributed by atoms with van der Waals surface area (Å²) in [6, 6.07) is 0. The highest BCUT2D eigenvalue weighted by atomic mass is 32.2. The van der Waals surface area contributed by atoms with Crippen LogP contribution in [0.3, 0.4) is 0 Å². The van der Waals surface area contributed by atoms with Crippen LogP contribution in [-0.4, -0.2) is 54.8 Å². The van der Waals surface area contributed by atoms with Crippen LogP contribution >= 0.6 is 11.8 Å². The zero-order valence-electron chi connectivity index (χ0n) is 8.11. The maximum atomic E-state index is 8.93. The zero-order chi connectivity index (χ0) is 9.80. The van der Waals surface area contributed by atoms with Gasteiger partial charge in [0.05, 0.1) is 25.2 Å². The van der Waals surface area contributed by atoms with Crippen molar-refractivity contribution in [2.45, 2.75) is 5.37 Å². The molecule has 0 bridgehead atoms. The molecule has 2 aliphatic heterocycles. The second-order valence-corrected chi connectivity index (χ2v) is 4.78. The molecule has 2 heterocycles. The highest BCUT2D eigenvalue weighted by Crippen LogP contribution is 2.25. The van der Waals surface area contributed by atoms with Crippen molar-refractivity contribution in [1.29, 1.82) is 0 Å². The molecule has 1 fully saturated rings. The first-order valence-corrected chi connectivity index (χ1v) is 5.79. The van der Waals surface area contributed by atoms with Gasteiger partial charge in [0.2, 0.25) is 0 Å². The number of ether oxygens (including phenoxy) is 1. The van der Waals surface area contributed by atoms with Gasteiger partial charge in [-0.05, 0) is 0 Å². The molecule has 1 atom stereocenters. The van der Waals surface area contributed by atoms with Crippen LogP contribution in [0.25, 0.3) is 0 Å². The Morgan fingerprint density at radius 3 is 3.00 bits per heavy atom. The molecule has 1 unspecified atom stereocenters. The maximum Gasteiger partial charge on any atom is 0.0890 e. The third-order valence-corrected chi connectivity index (χ3v) is 3.53. The summed E-state index contributed by atoms with van der Waals surface area (Å²) in [4.78, 5) is 3.42. The Labute approximate surface area is 88.3 Å². The average molecular weight is 216 g/mol. The lowest BCUT2D eigenvalue weighted by Gasteiger charge is -2.28. The van der Waals surface area contributed by atoms with Crippen molar-refractivity contribution in [3.05, 3.63) is 11.1 Å². The molecule has 2 N–H and O–H groups in total. The molecule has 0 spiro atoms. The molecule has 0 aromatic heterocycles. The number of rotatable bonds is 3. The predicted molar refractivity (Wildman–Crippen MR) is 56.9 cm³/mol. The first-order chi connectivity index (χ1) is 6.88. The van der Waals surface area contributed by atoms with Crippen LogP contribution in [0.5, 0.6) is 0 Å². The fourth-order valence-corrected chi connectivity index (χ4v) is 2.63. The fraction of sp³-hybridized carbons (Fsp3) is 0.778. The molecule has 2 rings (SSSR count). The molecule has 14 heavy (non-hydrogen) atoms. The molecule has 1 saturated heterocycles. The Bertz CT molecular complexity index is 217. The normalized spacial score (nSPS) is 28.6. The van der Waals surface area contributed by atoms with E-state index in [1.54, 1.807) is 11.8 Å². The smallest absolute Gasteiger partial charge is 0.0890 e. The molecule has 0 saturated carbocycles. The summed E-state index contributed by atoms with van der Waals surface area (Å²) in [5.41, 5.74) is 0. The van der Waals surface area contributed by atoms with E-state index < -0.39 is 0 Å². The number of hydrogen-bond acceptors (Lipinski definition) is 5. The SMILES string of the molecule is OCC1=CNC(CN2CCOCC2)S1. The summed E-state index contributed by atoms with van der Waals surface area (Å²) in [6.45, 7) is 4.90. The molecule has 0 aromatic carbocycles. The Morgan fingerprint density at radius 1 is 1.57 bits per heavy atom. The fourth-order valence-electron chi connectivity index (χ4n) is 1.63. The van der Waals surface area contributed by atoms with Gasteiger partial charge in [-0.1, -0.05) is 0 Å². The summed E-state index contributed by atoms with van der Waals surface area (Å²) in [5, 5.41) is 12.6. The van der Waals surface area contributed by atoms with Crippen LogP contribution in [0.4, 0.5) is 0 Å². The second kappa shape index (κ2) is 5.02. The summed E-state index contributed by atoms with van der Waals surface area (Å²) < 4.78 is 5.28. The summed E-state index contributed by atoms with van der Waals surface area (Å²) in [6.07, 6.45) is 1.91. The van der Waals surface area contributed by atoms with Crippen molar-refractivity contribution >= 4 is 11.8 Å². The molecule has 4 nitrogen and oxygen atoms in total. The molecule has 0 aliphatic carbocycles. The number of morpholine rings is 1. The number of thioether (sulfide) groups is 1. The lowest BCUT2D eigenvalue weighted by Crippen LogP contribution is -2.42. The van der Waals surface area contributed by atoms with Crippen molar-refractivity contribution in [2.75, 3.05) is 39.5 Å². The van der Waals surface area contributed by atoms with Crippen LogP contribution < -0.4 is 5.32 Å². The zero-order valence-corrected chi connectivity index (χ0v) is 8.92. The Kier molecular flexibility index (Phi) is 3.69. The van der Waals surface area contributed by atoms with Crippen LogP contribution in [0.15, 0.2) is 11.1 Å². The Balaban J connectivity index is 1.71. The molecular formula is C9H16N2O2S. The van der Waals surface area contributed by atoms with E-state index in [-0.39, 0.29) is 6.61 Å². The number of nitrogens with one attached hydrogen (secondary N) is 1. The Hall–Kier alpha value is -0.230. The van der Waals surface area contributed by atoms with Gasteiger partial charge in [0.25, 0.3) is 0 Å². The molecule has 0 aromatic rings. The van der Waals surface area contributed by atoms with E-state index in [0.717, 1.165) is 37.8 Å². The van der Waals surface area contributed by atoms with E-state index in [9.17, 15) is 0 Å². The van der Waals surface area contributed by atoms with Crippen LogP contribution in [0.1, 0.15) is 0 Å². The van der Waals surface area contributed by atoms with Crippen molar-refractivity contribution in [2.24, 2.45) is 0 Å². The van der Waals surface area contributed by atoms with Gasteiger partial charge in [-0.15, -0.1) is 11.8 Å². The maximum absolute atomic E-state index is 8.93. The van der Waals surface area contributed by atoms with E-state index in [4.69, 9.17) is 9.84 Å². The highest BCUT2D eigenvalue weighted by molar-refractivity contribution is 8.03. The standard InChI is InChI=1S/C9H16N2O2S/c12-7-8-5-10-9(14-8)6-11-1-3-13-4-2-11/h5,9-10,12H,1-4,6-7H2. The first-order valence-electron chi connectivity index (χ1n) is 4.91. The molecule has 0 radical (unpaired) electrons. The highest BCUT2D eigenvalue weighted by Gasteiger charge is 2.20. The van der Waals surface area contributed by atoms with Crippen LogP contribution in [-0.2, 0) is 4.74 Å². The topological polar surface area (TPSA) is 44.7 Å². The lowest BCUT2D eigenvalue weighted by atomic mass is 10.4. The lowest BCUT2D eigenvalue weighted by molar-refractivity contribution is 0.0377. The Morgan fingerprint density at radius 2 is 2.36 bits per heavy atom. The van der Waals surface area contributed by atoms with E-state index in [0.29, 0.717) is 5.37 Å². The van der Waals surface area contributed by atoms with Gasteiger partial charge >= 0.3 is 0 Å².